The van der Waals surface area contributed by atoms with E-state index in [1.807, 2.05) is 81.4 Å². The first-order valence-corrected chi connectivity index (χ1v) is 14.6. The molecule has 41 heavy (non-hydrogen) atoms. The number of rotatable bonds is 9. The first-order valence-electron chi connectivity index (χ1n) is 13.0. The Bertz CT molecular complexity index is 1590. The van der Waals surface area contributed by atoms with Gasteiger partial charge in [0.05, 0.1) is 5.25 Å². The fraction of sp³-hybridized carbons (Fsp3) is 0.121. The third-order valence-corrected chi connectivity index (χ3v) is 7.88. The second-order valence-corrected chi connectivity index (χ2v) is 11.8. The summed E-state index contributed by atoms with van der Waals surface area (Å²) in [6, 6.07) is 29.2. The van der Waals surface area contributed by atoms with Crippen LogP contribution in [-0.2, 0) is 9.59 Å². The van der Waals surface area contributed by atoms with Crippen molar-refractivity contribution in [2.45, 2.75) is 30.9 Å². The minimum atomic E-state index is -0.472. The molecule has 1 unspecified atom stereocenters. The van der Waals surface area contributed by atoms with Gasteiger partial charge in [-0.15, -0.1) is 11.8 Å². The lowest BCUT2D eigenvalue weighted by Gasteiger charge is -2.14. The predicted molar refractivity (Wildman–Crippen MR) is 171 cm³/mol. The van der Waals surface area contributed by atoms with Gasteiger partial charge in [-0.2, -0.15) is 0 Å². The summed E-state index contributed by atoms with van der Waals surface area (Å²) in [6.45, 7) is 5.88. The number of anilines is 2. The van der Waals surface area contributed by atoms with Gasteiger partial charge in [-0.1, -0.05) is 58.4 Å². The molecule has 0 radical (unpaired) electrons. The van der Waals surface area contributed by atoms with Crippen molar-refractivity contribution in [1.29, 1.82) is 0 Å². The Balaban J connectivity index is 1.47. The van der Waals surface area contributed by atoms with Crippen LogP contribution < -0.4 is 16.0 Å². The van der Waals surface area contributed by atoms with Gasteiger partial charge in [0.1, 0.15) is 5.70 Å². The fourth-order valence-corrected chi connectivity index (χ4v) is 5.03. The molecule has 6 nitrogen and oxygen atoms in total. The summed E-state index contributed by atoms with van der Waals surface area (Å²) in [5, 5.41) is 8.22. The maximum atomic E-state index is 13.4. The van der Waals surface area contributed by atoms with Crippen LogP contribution in [0.5, 0.6) is 0 Å². The van der Waals surface area contributed by atoms with E-state index >= 15 is 0 Å². The van der Waals surface area contributed by atoms with Crippen LogP contribution in [0.1, 0.15) is 34.0 Å². The highest BCUT2D eigenvalue weighted by Gasteiger charge is 2.17. The van der Waals surface area contributed by atoms with Crippen LogP contribution >= 0.6 is 27.7 Å². The van der Waals surface area contributed by atoms with Crippen molar-refractivity contribution in [3.05, 3.63) is 129 Å². The van der Waals surface area contributed by atoms with Gasteiger partial charge in [0.25, 0.3) is 11.8 Å². The molecular formula is C33H30BrN3O3S. The molecule has 0 aliphatic heterocycles. The van der Waals surface area contributed by atoms with E-state index in [1.54, 1.807) is 42.5 Å². The lowest BCUT2D eigenvalue weighted by Crippen LogP contribution is -2.30. The van der Waals surface area contributed by atoms with Gasteiger partial charge in [-0.3, -0.25) is 14.4 Å². The monoisotopic (exact) mass is 627 g/mol. The number of aryl methyl sites for hydroxylation is 2. The fourth-order valence-electron chi connectivity index (χ4n) is 3.83. The molecule has 3 N–H and O–H groups in total. The normalized spacial score (nSPS) is 11.9. The molecule has 4 aromatic carbocycles. The quantitative estimate of drug-likeness (QED) is 0.132. The molecule has 0 heterocycles. The van der Waals surface area contributed by atoms with Crippen LogP contribution in [0.4, 0.5) is 11.4 Å². The number of benzene rings is 4. The second kappa shape index (κ2) is 14.0. The standard InChI is InChI=1S/C33H30BrN3O3S/c1-21-12-17-28(18-22(21)2)35-31(38)23(3)41-29-11-7-10-27(20-29)36-33(40)30(19-24-13-15-26(34)16-14-24)37-32(39)25-8-5-4-6-9-25/h4-20,23H,1-3H3,(H,35,38)(H,36,40)(H,37,39)/b30-19-. The molecule has 1 atom stereocenters. The molecular weight excluding hydrogens is 598 g/mol. The van der Waals surface area contributed by atoms with Crippen molar-refractivity contribution in [2.24, 2.45) is 0 Å². The summed E-state index contributed by atoms with van der Waals surface area (Å²) in [5.41, 5.74) is 4.86. The van der Waals surface area contributed by atoms with Crippen LogP contribution in [0.15, 0.2) is 112 Å². The summed E-state index contributed by atoms with van der Waals surface area (Å²) in [4.78, 5) is 39.9. The molecule has 8 heteroatoms. The van der Waals surface area contributed by atoms with E-state index < -0.39 is 11.8 Å². The molecule has 208 valence electrons. The SMILES string of the molecule is Cc1ccc(NC(=O)C(C)Sc2cccc(NC(=O)/C(=C/c3ccc(Br)cc3)NC(=O)c3ccccc3)c2)cc1C. The average Bonchev–Trinajstić information content (AvgIpc) is 2.96. The van der Waals surface area contributed by atoms with Crippen molar-refractivity contribution in [2.75, 3.05) is 10.6 Å². The molecule has 0 aliphatic rings. The molecule has 0 aromatic heterocycles. The molecule has 0 aliphatic carbocycles. The molecule has 0 bridgehead atoms. The van der Waals surface area contributed by atoms with Crippen molar-refractivity contribution in [3.63, 3.8) is 0 Å². The van der Waals surface area contributed by atoms with Gasteiger partial charge in [0, 0.05) is 26.3 Å². The van der Waals surface area contributed by atoms with E-state index in [0.717, 1.165) is 26.2 Å². The van der Waals surface area contributed by atoms with Crippen molar-refractivity contribution in [1.82, 2.24) is 5.32 Å². The van der Waals surface area contributed by atoms with Gasteiger partial charge < -0.3 is 16.0 Å². The Labute approximate surface area is 252 Å². The first-order chi connectivity index (χ1) is 19.7. The number of nitrogens with one attached hydrogen (secondary N) is 3. The Morgan fingerprint density at radius 1 is 0.780 bits per heavy atom. The average molecular weight is 629 g/mol. The molecule has 0 saturated heterocycles. The zero-order valence-electron chi connectivity index (χ0n) is 22.9. The minimum Gasteiger partial charge on any atom is -0.325 e. The van der Waals surface area contributed by atoms with E-state index in [-0.39, 0.29) is 16.9 Å². The number of halogens is 1. The van der Waals surface area contributed by atoms with Crippen LogP contribution in [-0.4, -0.2) is 23.0 Å². The molecule has 0 spiro atoms. The highest BCUT2D eigenvalue weighted by atomic mass is 79.9. The first kappa shape index (κ1) is 29.8. The van der Waals surface area contributed by atoms with Gasteiger partial charge in [0.15, 0.2) is 0 Å². The summed E-state index contributed by atoms with van der Waals surface area (Å²) in [6.07, 6.45) is 1.63. The Kier molecular flexibility index (Phi) is 10.2. The van der Waals surface area contributed by atoms with E-state index in [1.165, 1.54) is 17.3 Å². The van der Waals surface area contributed by atoms with Gasteiger partial charge in [-0.05, 0) is 98.1 Å². The molecule has 4 aromatic rings. The second-order valence-electron chi connectivity index (χ2n) is 9.46. The zero-order valence-corrected chi connectivity index (χ0v) is 25.3. The Morgan fingerprint density at radius 3 is 2.20 bits per heavy atom. The van der Waals surface area contributed by atoms with Gasteiger partial charge in [0.2, 0.25) is 5.91 Å². The van der Waals surface area contributed by atoms with Crippen molar-refractivity contribution < 1.29 is 14.4 Å². The smallest absolute Gasteiger partial charge is 0.272 e. The summed E-state index contributed by atoms with van der Waals surface area (Å²) >= 11 is 4.80. The zero-order chi connectivity index (χ0) is 29.4. The van der Waals surface area contributed by atoms with Crippen molar-refractivity contribution in [3.8, 4) is 0 Å². The number of carbonyl (C=O) groups excluding carboxylic acids is 3. The predicted octanol–water partition coefficient (Wildman–Crippen LogP) is 7.59. The lowest BCUT2D eigenvalue weighted by molar-refractivity contribution is -0.115. The van der Waals surface area contributed by atoms with E-state index in [4.69, 9.17) is 0 Å². The number of carbonyl (C=O) groups is 3. The van der Waals surface area contributed by atoms with E-state index in [0.29, 0.717) is 11.3 Å². The van der Waals surface area contributed by atoms with Gasteiger partial charge >= 0.3 is 0 Å². The number of amides is 3. The molecule has 3 amide bonds. The number of thioether (sulfide) groups is 1. The maximum absolute atomic E-state index is 13.4. The summed E-state index contributed by atoms with van der Waals surface area (Å²) in [7, 11) is 0. The van der Waals surface area contributed by atoms with Crippen LogP contribution in [0.2, 0.25) is 0 Å². The van der Waals surface area contributed by atoms with E-state index in [9.17, 15) is 14.4 Å². The highest BCUT2D eigenvalue weighted by Crippen LogP contribution is 2.27. The van der Waals surface area contributed by atoms with Crippen LogP contribution in [0.25, 0.3) is 6.08 Å². The largest absolute Gasteiger partial charge is 0.325 e. The number of hydrogen-bond donors (Lipinski definition) is 3. The summed E-state index contributed by atoms with van der Waals surface area (Å²) in [5.74, 6) is -0.979. The molecule has 0 saturated carbocycles. The molecule has 0 fully saturated rings. The van der Waals surface area contributed by atoms with Crippen LogP contribution in [0.3, 0.4) is 0 Å². The Morgan fingerprint density at radius 2 is 1.49 bits per heavy atom. The number of hydrogen-bond acceptors (Lipinski definition) is 4. The summed E-state index contributed by atoms with van der Waals surface area (Å²) < 4.78 is 0.903. The van der Waals surface area contributed by atoms with Crippen molar-refractivity contribution >= 4 is 62.9 Å². The topological polar surface area (TPSA) is 87.3 Å². The van der Waals surface area contributed by atoms with E-state index in [2.05, 4.69) is 31.9 Å². The Hall–Kier alpha value is -4.14. The highest BCUT2D eigenvalue weighted by molar-refractivity contribution is 9.10. The maximum Gasteiger partial charge on any atom is 0.272 e. The lowest BCUT2D eigenvalue weighted by atomic mass is 10.1. The third-order valence-electron chi connectivity index (χ3n) is 6.26. The molecule has 4 rings (SSSR count). The van der Waals surface area contributed by atoms with Gasteiger partial charge in [-0.25, -0.2) is 0 Å². The van der Waals surface area contributed by atoms with Crippen LogP contribution in [0, 0.1) is 13.8 Å². The third kappa shape index (κ3) is 8.67. The minimum absolute atomic E-state index is 0.0976.